The minimum Gasteiger partial charge on any atom is -0.306 e. The van der Waals surface area contributed by atoms with Crippen LogP contribution in [0.3, 0.4) is 0 Å². The van der Waals surface area contributed by atoms with Crippen molar-refractivity contribution in [1.29, 1.82) is 0 Å². The van der Waals surface area contributed by atoms with Gasteiger partial charge in [0.15, 0.2) is 11.6 Å². The Morgan fingerprint density at radius 3 is 1.87 bits per heavy atom. The van der Waals surface area contributed by atoms with Crippen molar-refractivity contribution in [3.63, 3.8) is 0 Å². The van der Waals surface area contributed by atoms with E-state index in [-0.39, 0.29) is 5.69 Å². The molecule has 4 rings (SSSR count). The summed E-state index contributed by atoms with van der Waals surface area (Å²) in [6.07, 6.45) is 7.49. The lowest BCUT2D eigenvalue weighted by molar-refractivity contribution is -0.384. The van der Waals surface area contributed by atoms with Crippen molar-refractivity contribution in [2.24, 2.45) is 0 Å². The minimum atomic E-state index is -0.434. The van der Waals surface area contributed by atoms with Gasteiger partial charge in [-0.15, -0.1) is 0 Å². The Morgan fingerprint density at radius 2 is 1.35 bits per heavy atom. The van der Waals surface area contributed by atoms with Gasteiger partial charge in [0, 0.05) is 36.9 Å². The Kier molecular flexibility index (Phi) is 2.90. The molecule has 0 amide bonds. The molecule has 0 aliphatic carbocycles. The molecule has 23 heavy (non-hydrogen) atoms. The van der Waals surface area contributed by atoms with Crippen molar-refractivity contribution in [3.8, 4) is 11.6 Å². The van der Waals surface area contributed by atoms with Crippen LogP contribution in [0.25, 0.3) is 22.7 Å². The molecule has 0 atom stereocenters. The highest BCUT2D eigenvalue weighted by molar-refractivity contribution is 5.79. The smallest absolute Gasteiger partial charge is 0.271 e. The molecule has 7 nitrogen and oxygen atoms in total. The molecule has 0 saturated carbocycles. The van der Waals surface area contributed by atoms with Crippen LogP contribution in [-0.4, -0.2) is 24.0 Å². The predicted octanol–water partition coefficient (Wildman–Crippen LogP) is 3.12. The zero-order chi connectivity index (χ0) is 15.8. The molecule has 3 aromatic heterocycles. The summed E-state index contributed by atoms with van der Waals surface area (Å²) >= 11 is 0. The van der Waals surface area contributed by atoms with Crippen molar-refractivity contribution >= 4 is 16.7 Å². The van der Waals surface area contributed by atoms with Crippen molar-refractivity contribution in [1.82, 2.24) is 19.1 Å². The number of hydrogen-bond acceptors (Lipinski definition) is 4. The number of benzene rings is 1. The average Bonchev–Trinajstić information content (AvgIpc) is 3.26. The van der Waals surface area contributed by atoms with Crippen LogP contribution < -0.4 is 0 Å². The SMILES string of the molecule is O=[N+]([O-])c1ccc2nc(-n3cccc3)c(-n3cccc3)nc2c1. The van der Waals surface area contributed by atoms with Gasteiger partial charge in [-0.1, -0.05) is 0 Å². The molecule has 0 bridgehead atoms. The van der Waals surface area contributed by atoms with E-state index in [1.54, 1.807) is 6.07 Å². The Bertz CT molecular complexity index is 991. The van der Waals surface area contributed by atoms with Gasteiger partial charge in [0.1, 0.15) is 0 Å². The Morgan fingerprint density at radius 1 is 0.826 bits per heavy atom. The molecule has 0 radical (unpaired) electrons. The molecular formula is C16H11N5O2. The fraction of sp³-hybridized carbons (Fsp3) is 0. The van der Waals surface area contributed by atoms with Crippen LogP contribution in [-0.2, 0) is 0 Å². The lowest BCUT2D eigenvalue weighted by Gasteiger charge is -2.11. The molecule has 0 fully saturated rings. The van der Waals surface area contributed by atoms with Crippen molar-refractivity contribution in [3.05, 3.63) is 77.4 Å². The van der Waals surface area contributed by atoms with E-state index in [0.29, 0.717) is 22.7 Å². The first-order valence-corrected chi connectivity index (χ1v) is 6.95. The Hall–Kier alpha value is -3.48. The Balaban J connectivity index is 2.02. The van der Waals surface area contributed by atoms with E-state index in [4.69, 9.17) is 0 Å². The average molecular weight is 305 g/mol. The summed E-state index contributed by atoms with van der Waals surface area (Å²) in [5.41, 5.74) is 1.09. The van der Waals surface area contributed by atoms with E-state index < -0.39 is 4.92 Å². The maximum atomic E-state index is 11.0. The minimum absolute atomic E-state index is 0.000953. The lowest BCUT2D eigenvalue weighted by atomic mass is 10.2. The summed E-state index contributed by atoms with van der Waals surface area (Å²) in [6, 6.07) is 12.1. The van der Waals surface area contributed by atoms with Gasteiger partial charge in [-0.2, -0.15) is 0 Å². The van der Waals surface area contributed by atoms with Crippen molar-refractivity contribution in [2.75, 3.05) is 0 Å². The van der Waals surface area contributed by atoms with E-state index in [9.17, 15) is 10.1 Å². The number of aromatic nitrogens is 4. The first-order valence-electron chi connectivity index (χ1n) is 6.95. The fourth-order valence-electron chi connectivity index (χ4n) is 2.44. The van der Waals surface area contributed by atoms with Crippen molar-refractivity contribution in [2.45, 2.75) is 0 Å². The summed E-state index contributed by atoms with van der Waals surface area (Å²) in [4.78, 5) is 19.7. The van der Waals surface area contributed by atoms with Gasteiger partial charge in [0.2, 0.25) is 0 Å². The highest BCUT2D eigenvalue weighted by Crippen LogP contribution is 2.23. The molecule has 1 aromatic carbocycles. The first-order chi connectivity index (χ1) is 11.2. The van der Waals surface area contributed by atoms with Crippen LogP contribution in [0.4, 0.5) is 5.69 Å². The van der Waals surface area contributed by atoms with Gasteiger partial charge in [0.05, 0.1) is 16.0 Å². The molecule has 0 aliphatic rings. The second-order valence-corrected chi connectivity index (χ2v) is 4.98. The zero-order valence-electron chi connectivity index (χ0n) is 11.9. The summed E-state index contributed by atoms with van der Waals surface area (Å²) in [6.45, 7) is 0. The second kappa shape index (κ2) is 5.06. The fourth-order valence-corrected chi connectivity index (χ4v) is 2.44. The number of hydrogen-bond donors (Lipinski definition) is 0. The topological polar surface area (TPSA) is 78.8 Å². The summed E-state index contributed by atoms with van der Waals surface area (Å²) in [5.74, 6) is 1.27. The van der Waals surface area contributed by atoms with E-state index >= 15 is 0 Å². The quantitative estimate of drug-likeness (QED) is 0.430. The molecule has 0 saturated heterocycles. The van der Waals surface area contributed by atoms with Gasteiger partial charge in [-0.3, -0.25) is 10.1 Å². The highest BCUT2D eigenvalue weighted by atomic mass is 16.6. The second-order valence-electron chi connectivity index (χ2n) is 4.98. The highest BCUT2D eigenvalue weighted by Gasteiger charge is 2.14. The van der Waals surface area contributed by atoms with Crippen LogP contribution >= 0.6 is 0 Å². The number of fused-ring (bicyclic) bond motifs is 1. The van der Waals surface area contributed by atoms with E-state index in [0.717, 1.165) is 0 Å². The van der Waals surface area contributed by atoms with Gasteiger partial charge in [-0.05, 0) is 30.3 Å². The molecule has 112 valence electrons. The lowest BCUT2D eigenvalue weighted by Crippen LogP contribution is -2.06. The zero-order valence-corrected chi connectivity index (χ0v) is 11.9. The normalized spacial score (nSPS) is 11.0. The maximum absolute atomic E-state index is 11.0. The molecule has 0 spiro atoms. The predicted molar refractivity (Wildman–Crippen MR) is 84.8 cm³/mol. The molecule has 0 N–H and O–H groups in total. The molecular weight excluding hydrogens is 294 g/mol. The molecule has 4 aromatic rings. The number of nitro benzene ring substituents is 1. The van der Waals surface area contributed by atoms with Crippen LogP contribution in [0.5, 0.6) is 0 Å². The number of nitro groups is 1. The van der Waals surface area contributed by atoms with Gasteiger partial charge < -0.3 is 9.13 Å². The van der Waals surface area contributed by atoms with Crippen LogP contribution in [0, 0.1) is 10.1 Å². The first kappa shape index (κ1) is 13.2. The summed E-state index contributed by atoms with van der Waals surface area (Å²) < 4.78 is 3.70. The van der Waals surface area contributed by atoms with Gasteiger partial charge in [-0.25, -0.2) is 9.97 Å². The number of rotatable bonds is 3. The molecule has 3 heterocycles. The summed E-state index contributed by atoms with van der Waals surface area (Å²) in [7, 11) is 0. The van der Waals surface area contributed by atoms with E-state index in [1.165, 1.54) is 12.1 Å². The van der Waals surface area contributed by atoms with Crippen molar-refractivity contribution < 1.29 is 4.92 Å². The largest absolute Gasteiger partial charge is 0.306 e. The van der Waals surface area contributed by atoms with E-state index in [1.807, 2.05) is 58.2 Å². The number of nitrogens with zero attached hydrogens (tertiary/aromatic N) is 5. The monoisotopic (exact) mass is 305 g/mol. The van der Waals surface area contributed by atoms with E-state index in [2.05, 4.69) is 9.97 Å². The number of non-ortho nitro benzene ring substituents is 1. The third kappa shape index (κ3) is 2.24. The standard InChI is InChI=1S/C16H11N5O2/c22-21(23)12-5-6-13-14(11-12)18-16(20-9-3-4-10-20)15(17-13)19-7-1-2-8-19/h1-11H. The summed E-state index contributed by atoms with van der Waals surface area (Å²) in [5, 5.41) is 11.0. The maximum Gasteiger partial charge on any atom is 0.271 e. The van der Waals surface area contributed by atoms with Gasteiger partial charge >= 0.3 is 0 Å². The Labute approximate surface area is 130 Å². The van der Waals surface area contributed by atoms with Crippen LogP contribution in [0.1, 0.15) is 0 Å². The molecule has 0 aliphatic heterocycles. The third-order valence-electron chi connectivity index (χ3n) is 3.52. The van der Waals surface area contributed by atoms with Crippen LogP contribution in [0.15, 0.2) is 67.3 Å². The molecule has 0 unspecified atom stereocenters. The van der Waals surface area contributed by atoms with Crippen LogP contribution in [0.2, 0.25) is 0 Å². The third-order valence-corrected chi connectivity index (χ3v) is 3.52. The molecule has 7 heteroatoms. The van der Waals surface area contributed by atoms with Gasteiger partial charge in [0.25, 0.3) is 5.69 Å².